The number of carboxylic acids is 2. The lowest BCUT2D eigenvalue weighted by molar-refractivity contribution is -0.148. The molecule has 0 heterocycles. The summed E-state index contributed by atoms with van der Waals surface area (Å²) in [5.74, 6) is -2.55. The predicted molar refractivity (Wildman–Crippen MR) is 65.5 cm³/mol. The van der Waals surface area contributed by atoms with Crippen LogP contribution in [0.4, 0.5) is 0 Å². The van der Waals surface area contributed by atoms with E-state index in [1.165, 1.54) is 0 Å². The van der Waals surface area contributed by atoms with E-state index in [1.807, 2.05) is 0 Å². The maximum atomic E-state index is 10.0. The second-order valence-electron chi connectivity index (χ2n) is 3.52. The summed E-state index contributed by atoms with van der Waals surface area (Å²) in [4.78, 5) is 35.9. The highest BCUT2D eigenvalue weighted by Crippen LogP contribution is 2.35. The van der Waals surface area contributed by atoms with E-state index in [-0.39, 0.29) is 0 Å². The molecule has 12 heteroatoms. The SMILES string of the molecule is NCCC[C@H](N)C(=O)O.O=C(O)C(O)COP(=O)(O)O. The zero-order valence-corrected chi connectivity index (χ0v) is 11.3. The molecule has 0 aromatic rings. The Hall–Kier alpha value is -1.07. The number of hydrogen-bond donors (Lipinski definition) is 7. The summed E-state index contributed by atoms with van der Waals surface area (Å²) in [7, 11) is -4.68. The summed E-state index contributed by atoms with van der Waals surface area (Å²) in [6, 6.07) is -0.742. The molecule has 1 unspecified atom stereocenters. The van der Waals surface area contributed by atoms with Crippen LogP contribution < -0.4 is 11.5 Å². The lowest BCUT2D eigenvalue weighted by atomic mass is 10.2. The number of hydrogen-bond acceptors (Lipinski definition) is 7. The Kier molecular flexibility index (Phi) is 11.3. The second-order valence-corrected chi connectivity index (χ2v) is 4.76. The first-order valence-corrected chi connectivity index (χ1v) is 6.83. The minimum Gasteiger partial charge on any atom is -0.480 e. The van der Waals surface area contributed by atoms with Crippen LogP contribution in [0.25, 0.3) is 0 Å². The molecule has 0 aliphatic heterocycles. The molecule has 120 valence electrons. The molecule has 0 fully saturated rings. The van der Waals surface area contributed by atoms with Crippen molar-refractivity contribution in [1.82, 2.24) is 0 Å². The Balaban J connectivity index is 0. The molecule has 0 aliphatic rings. The lowest BCUT2D eigenvalue weighted by Crippen LogP contribution is -2.30. The zero-order chi connectivity index (χ0) is 16.3. The van der Waals surface area contributed by atoms with Crippen molar-refractivity contribution in [1.29, 1.82) is 0 Å². The highest BCUT2D eigenvalue weighted by atomic mass is 31.2. The van der Waals surface area contributed by atoms with Crippen molar-refractivity contribution in [3.05, 3.63) is 0 Å². The van der Waals surface area contributed by atoms with Gasteiger partial charge in [-0.15, -0.1) is 0 Å². The van der Waals surface area contributed by atoms with Crippen LogP contribution in [-0.2, 0) is 18.7 Å². The fourth-order valence-corrected chi connectivity index (χ4v) is 1.04. The molecule has 2 atom stereocenters. The number of phosphoric acid groups is 1. The van der Waals surface area contributed by atoms with Crippen molar-refractivity contribution < 1.29 is 43.8 Å². The van der Waals surface area contributed by atoms with Gasteiger partial charge in [-0.3, -0.25) is 9.32 Å². The van der Waals surface area contributed by atoms with E-state index in [4.69, 9.17) is 36.6 Å². The van der Waals surface area contributed by atoms with Crippen molar-refractivity contribution in [3.8, 4) is 0 Å². The lowest BCUT2D eigenvalue weighted by Gasteiger charge is -2.06. The number of nitrogens with two attached hydrogens (primary N) is 2. The van der Waals surface area contributed by atoms with E-state index < -0.39 is 38.5 Å². The molecule has 0 rings (SSSR count). The van der Waals surface area contributed by atoms with Gasteiger partial charge >= 0.3 is 19.8 Å². The molecule has 0 aromatic carbocycles. The van der Waals surface area contributed by atoms with Gasteiger partial charge < -0.3 is 36.6 Å². The standard InChI is InChI=1S/C5H12N2O2.C3H7O7P/c6-3-1-2-4(7)5(8)9;4-2(3(5)6)1-10-11(7,8)9/h4H,1-3,6-7H2,(H,8,9);2,4H,1H2,(H,5,6)(H2,7,8,9)/t4-;/m0./s1. The number of rotatable bonds is 8. The molecule has 0 saturated heterocycles. The summed E-state index contributed by atoms with van der Waals surface area (Å²) in [5.41, 5.74) is 10.3. The summed E-state index contributed by atoms with van der Waals surface area (Å²) >= 11 is 0. The van der Waals surface area contributed by atoms with Crippen molar-refractivity contribution in [2.24, 2.45) is 11.5 Å². The van der Waals surface area contributed by atoms with Crippen molar-refractivity contribution >= 4 is 19.8 Å². The molecule has 0 bridgehead atoms. The summed E-state index contributed by atoms with van der Waals surface area (Å²) in [5, 5.41) is 24.7. The minimum atomic E-state index is -4.68. The van der Waals surface area contributed by atoms with Crippen LogP contribution in [0.1, 0.15) is 12.8 Å². The molecule has 20 heavy (non-hydrogen) atoms. The zero-order valence-electron chi connectivity index (χ0n) is 10.5. The van der Waals surface area contributed by atoms with E-state index in [0.29, 0.717) is 19.4 Å². The van der Waals surface area contributed by atoms with Gasteiger partial charge in [-0.05, 0) is 19.4 Å². The molecule has 0 aromatic heterocycles. The third-order valence-corrected chi connectivity index (χ3v) is 2.21. The van der Waals surface area contributed by atoms with Gasteiger partial charge in [0.15, 0.2) is 6.10 Å². The first kappa shape index (κ1) is 21.2. The van der Waals surface area contributed by atoms with Gasteiger partial charge in [-0.2, -0.15) is 0 Å². The fraction of sp³-hybridized carbons (Fsp3) is 0.750. The number of aliphatic hydroxyl groups excluding tert-OH is 1. The topological polar surface area (TPSA) is 214 Å². The molecule has 9 N–H and O–H groups in total. The maximum Gasteiger partial charge on any atom is 0.469 e. The minimum absolute atomic E-state index is 0.464. The van der Waals surface area contributed by atoms with Crippen molar-refractivity contribution in [3.63, 3.8) is 0 Å². The van der Waals surface area contributed by atoms with Crippen LogP contribution in [0, 0.1) is 0 Å². The normalized spacial score (nSPS) is 13.8. The highest BCUT2D eigenvalue weighted by molar-refractivity contribution is 7.46. The smallest absolute Gasteiger partial charge is 0.469 e. The van der Waals surface area contributed by atoms with Crippen LogP contribution in [0.5, 0.6) is 0 Å². The molecular weight excluding hydrogens is 299 g/mol. The van der Waals surface area contributed by atoms with Crippen LogP contribution >= 0.6 is 7.82 Å². The van der Waals surface area contributed by atoms with E-state index in [2.05, 4.69) is 4.52 Å². The van der Waals surface area contributed by atoms with Crippen LogP contribution in [0.2, 0.25) is 0 Å². The quantitative estimate of drug-likeness (QED) is 0.236. The number of carbonyl (C=O) groups is 2. The Morgan fingerprint density at radius 2 is 1.70 bits per heavy atom. The van der Waals surface area contributed by atoms with Crippen molar-refractivity contribution in [2.45, 2.75) is 25.0 Å². The van der Waals surface area contributed by atoms with Gasteiger partial charge in [0.25, 0.3) is 0 Å². The third kappa shape index (κ3) is 15.0. The average Bonchev–Trinajstić information content (AvgIpc) is 2.32. The van der Waals surface area contributed by atoms with Crippen LogP contribution in [0.3, 0.4) is 0 Å². The van der Waals surface area contributed by atoms with E-state index in [0.717, 1.165) is 0 Å². The van der Waals surface area contributed by atoms with Gasteiger partial charge in [0.2, 0.25) is 0 Å². The number of aliphatic hydroxyl groups is 1. The second kappa shape index (κ2) is 10.7. The maximum absolute atomic E-state index is 10.0. The molecular formula is C8H19N2O9P. The van der Waals surface area contributed by atoms with Crippen LogP contribution in [0.15, 0.2) is 0 Å². The molecule has 0 spiro atoms. The number of phosphoric ester groups is 1. The molecule has 0 saturated carbocycles. The highest BCUT2D eigenvalue weighted by Gasteiger charge is 2.20. The first-order chi connectivity index (χ1) is 9.01. The third-order valence-electron chi connectivity index (χ3n) is 1.72. The summed E-state index contributed by atoms with van der Waals surface area (Å²) in [6.45, 7) is -0.430. The largest absolute Gasteiger partial charge is 0.480 e. The van der Waals surface area contributed by atoms with Gasteiger partial charge in [0.1, 0.15) is 6.04 Å². The Morgan fingerprint density at radius 3 is 2.00 bits per heavy atom. The monoisotopic (exact) mass is 318 g/mol. The van der Waals surface area contributed by atoms with E-state index in [9.17, 15) is 14.2 Å². The Bertz CT molecular complexity index is 345. The Labute approximate surface area is 114 Å². The molecule has 11 nitrogen and oxygen atoms in total. The van der Waals surface area contributed by atoms with Crippen LogP contribution in [-0.4, -0.2) is 62.3 Å². The molecule has 0 radical (unpaired) electrons. The summed E-state index contributed by atoms with van der Waals surface area (Å²) in [6.07, 6.45) is -0.776. The number of carboxylic acid groups (broad SMARTS) is 2. The average molecular weight is 318 g/mol. The van der Waals surface area contributed by atoms with Gasteiger partial charge in [-0.1, -0.05) is 0 Å². The van der Waals surface area contributed by atoms with Crippen molar-refractivity contribution in [2.75, 3.05) is 13.2 Å². The first-order valence-electron chi connectivity index (χ1n) is 5.30. The van der Waals surface area contributed by atoms with Gasteiger partial charge in [0.05, 0.1) is 6.61 Å². The molecule has 0 amide bonds. The molecule has 0 aliphatic carbocycles. The van der Waals surface area contributed by atoms with E-state index in [1.54, 1.807) is 0 Å². The van der Waals surface area contributed by atoms with E-state index >= 15 is 0 Å². The predicted octanol–water partition coefficient (Wildman–Crippen LogP) is -2.32. The van der Waals surface area contributed by atoms with Gasteiger partial charge in [0, 0.05) is 0 Å². The summed E-state index contributed by atoms with van der Waals surface area (Å²) < 4.78 is 13.6. The van der Waals surface area contributed by atoms with Gasteiger partial charge in [-0.25, -0.2) is 9.36 Å². The number of aliphatic carboxylic acids is 2. The fourth-order valence-electron chi connectivity index (χ4n) is 0.700. The Morgan fingerprint density at radius 1 is 1.20 bits per heavy atom.